The molecule has 7 heteroatoms. The molecule has 0 saturated carbocycles. The number of carbonyl (C=O) groups is 2. The number of aliphatic imine (C=N–C) groups is 1. The Morgan fingerprint density at radius 1 is 1.31 bits per heavy atom. The quantitative estimate of drug-likeness (QED) is 0.498. The number of aryl methyl sites for hydroxylation is 1. The van der Waals surface area contributed by atoms with Crippen molar-refractivity contribution in [3.63, 3.8) is 0 Å². The van der Waals surface area contributed by atoms with Crippen LogP contribution in [0.25, 0.3) is 0 Å². The zero-order chi connectivity index (χ0) is 11.4. The lowest BCUT2D eigenvalue weighted by Crippen LogP contribution is -2.26. The summed E-state index contributed by atoms with van der Waals surface area (Å²) in [6, 6.07) is 1.85. The normalized spacial score (nSPS) is 14.9. The fraction of sp³-hybridized carbons (Fsp3) is 0.333. The van der Waals surface area contributed by atoms with Gasteiger partial charge in [-0.15, -0.1) is 0 Å². The standard InChI is InChI=1S/C9H11N5O2/c15-7-8(16)13-9(12-7)10-3-1-5-14-6-2-4-11-14/h2,4,6H,1,3,5H2,(H2,10,12,13,15,16). The Hall–Kier alpha value is -2.18. The largest absolute Gasteiger partial charge is 0.316 e. The highest BCUT2D eigenvalue weighted by molar-refractivity contribution is 6.45. The summed E-state index contributed by atoms with van der Waals surface area (Å²) < 4.78 is 1.80. The molecule has 0 unspecified atom stereocenters. The summed E-state index contributed by atoms with van der Waals surface area (Å²) in [6.07, 6.45) is 4.37. The summed E-state index contributed by atoms with van der Waals surface area (Å²) in [6.45, 7) is 1.28. The van der Waals surface area contributed by atoms with Crippen molar-refractivity contribution in [3.05, 3.63) is 18.5 Å². The molecule has 1 aromatic heterocycles. The van der Waals surface area contributed by atoms with Crippen molar-refractivity contribution in [2.45, 2.75) is 13.0 Å². The first-order valence-electron chi connectivity index (χ1n) is 4.90. The van der Waals surface area contributed by atoms with E-state index in [1.807, 2.05) is 12.3 Å². The van der Waals surface area contributed by atoms with Gasteiger partial charge in [-0.25, -0.2) is 0 Å². The molecule has 2 rings (SSSR count). The van der Waals surface area contributed by atoms with Gasteiger partial charge in [0.2, 0.25) is 5.96 Å². The summed E-state index contributed by atoms with van der Waals surface area (Å²) in [7, 11) is 0. The van der Waals surface area contributed by atoms with Crippen molar-refractivity contribution in [2.24, 2.45) is 4.99 Å². The van der Waals surface area contributed by atoms with Crippen molar-refractivity contribution >= 4 is 17.8 Å². The average Bonchev–Trinajstić information content (AvgIpc) is 2.85. The van der Waals surface area contributed by atoms with Gasteiger partial charge in [-0.3, -0.25) is 29.9 Å². The molecule has 2 amide bonds. The average molecular weight is 221 g/mol. The van der Waals surface area contributed by atoms with Crippen LogP contribution in [0.4, 0.5) is 0 Å². The van der Waals surface area contributed by atoms with Gasteiger partial charge in [-0.1, -0.05) is 0 Å². The van der Waals surface area contributed by atoms with Crippen molar-refractivity contribution in [3.8, 4) is 0 Å². The minimum Gasteiger partial charge on any atom is -0.288 e. The lowest BCUT2D eigenvalue weighted by molar-refractivity contribution is -0.135. The first-order valence-corrected chi connectivity index (χ1v) is 4.90. The number of carbonyl (C=O) groups excluding carboxylic acids is 2. The predicted octanol–water partition coefficient (Wildman–Crippen LogP) is -1.12. The Morgan fingerprint density at radius 3 is 2.69 bits per heavy atom. The smallest absolute Gasteiger partial charge is 0.288 e. The van der Waals surface area contributed by atoms with E-state index >= 15 is 0 Å². The molecule has 7 nitrogen and oxygen atoms in total. The molecule has 16 heavy (non-hydrogen) atoms. The number of aromatic nitrogens is 2. The molecule has 84 valence electrons. The van der Waals surface area contributed by atoms with Crippen molar-refractivity contribution < 1.29 is 9.59 Å². The number of hydrogen-bond acceptors (Lipinski definition) is 4. The van der Waals surface area contributed by atoms with E-state index in [0.717, 1.165) is 13.0 Å². The van der Waals surface area contributed by atoms with Crippen LogP contribution in [-0.4, -0.2) is 34.1 Å². The van der Waals surface area contributed by atoms with Crippen LogP contribution in [0.5, 0.6) is 0 Å². The van der Waals surface area contributed by atoms with E-state index in [4.69, 9.17) is 0 Å². The SMILES string of the molecule is O=C1NC(=NCCCn2cccn2)NC1=O. The summed E-state index contributed by atoms with van der Waals surface area (Å²) in [5.41, 5.74) is 0. The van der Waals surface area contributed by atoms with Gasteiger partial charge in [-0.05, 0) is 12.5 Å². The topological polar surface area (TPSA) is 88.4 Å². The lowest BCUT2D eigenvalue weighted by Gasteiger charge is -1.99. The van der Waals surface area contributed by atoms with Crippen LogP contribution in [0.15, 0.2) is 23.5 Å². The molecular formula is C9H11N5O2. The molecule has 0 bridgehead atoms. The van der Waals surface area contributed by atoms with Gasteiger partial charge in [-0.2, -0.15) is 5.10 Å². The van der Waals surface area contributed by atoms with Gasteiger partial charge in [0.25, 0.3) is 0 Å². The zero-order valence-corrected chi connectivity index (χ0v) is 8.51. The minimum atomic E-state index is -0.661. The molecule has 2 N–H and O–H groups in total. The first kappa shape index (κ1) is 10.3. The van der Waals surface area contributed by atoms with Crippen molar-refractivity contribution in [1.29, 1.82) is 0 Å². The Kier molecular flexibility index (Phi) is 2.95. The molecule has 0 spiro atoms. The maximum absolute atomic E-state index is 10.8. The molecule has 0 aromatic carbocycles. The minimum absolute atomic E-state index is 0.232. The highest BCUT2D eigenvalue weighted by atomic mass is 16.2. The van der Waals surface area contributed by atoms with E-state index in [1.54, 1.807) is 10.9 Å². The van der Waals surface area contributed by atoms with Gasteiger partial charge < -0.3 is 0 Å². The van der Waals surface area contributed by atoms with Gasteiger partial charge in [0.05, 0.1) is 0 Å². The van der Waals surface area contributed by atoms with Gasteiger partial charge in [0.1, 0.15) is 0 Å². The molecule has 2 heterocycles. The summed E-state index contributed by atoms with van der Waals surface area (Å²) in [5, 5.41) is 8.69. The van der Waals surface area contributed by atoms with Crippen molar-refractivity contribution in [2.75, 3.05) is 6.54 Å². The monoisotopic (exact) mass is 221 g/mol. The second kappa shape index (κ2) is 4.56. The Labute approximate surface area is 91.5 Å². The maximum atomic E-state index is 10.8. The van der Waals surface area contributed by atoms with E-state index in [-0.39, 0.29) is 5.96 Å². The van der Waals surface area contributed by atoms with Crippen LogP contribution in [0.3, 0.4) is 0 Å². The van der Waals surface area contributed by atoms with Crippen LogP contribution < -0.4 is 10.6 Å². The lowest BCUT2D eigenvalue weighted by atomic mass is 10.4. The molecule has 0 aliphatic carbocycles. The van der Waals surface area contributed by atoms with Crippen LogP contribution in [0.2, 0.25) is 0 Å². The summed E-state index contributed by atoms with van der Waals surface area (Å²) >= 11 is 0. The molecule has 1 aliphatic rings. The number of guanidine groups is 1. The Bertz CT molecular complexity index is 405. The zero-order valence-electron chi connectivity index (χ0n) is 8.51. The third-order valence-electron chi connectivity index (χ3n) is 2.04. The van der Waals surface area contributed by atoms with Crippen LogP contribution in [0, 0.1) is 0 Å². The van der Waals surface area contributed by atoms with E-state index < -0.39 is 11.8 Å². The molecule has 0 atom stereocenters. The number of hydrogen-bond donors (Lipinski definition) is 2. The predicted molar refractivity (Wildman–Crippen MR) is 55.4 cm³/mol. The maximum Gasteiger partial charge on any atom is 0.316 e. The van der Waals surface area contributed by atoms with E-state index in [2.05, 4.69) is 20.7 Å². The number of amides is 2. The second-order valence-electron chi connectivity index (χ2n) is 3.26. The molecule has 1 fully saturated rings. The van der Waals surface area contributed by atoms with E-state index in [1.165, 1.54) is 0 Å². The Morgan fingerprint density at radius 2 is 2.06 bits per heavy atom. The second-order valence-corrected chi connectivity index (χ2v) is 3.26. The van der Waals surface area contributed by atoms with E-state index in [9.17, 15) is 9.59 Å². The molecular weight excluding hydrogens is 210 g/mol. The first-order chi connectivity index (χ1) is 7.75. The third-order valence-corrected chi connectivity index (χ3v) is 2.04. The van der Waals surface area contributed by atoms with Crippen LogP contribution >= 0.6 is 0 Å². The van der Waals surface area contributed by atoms with E-state index in [0.29, 0.717) is 6.54 Å². The number of nitrogens with one attached hydrogen (secondary N) is 2. The highest BCUT2D eigenvalue weighted by Gasteiger charge is 2.24. The molecule has 1 aliphatic heterocycles. The summed E-state index contributed by atoms with van der Waals surface area (Å²) in [4.78, 5) is 25.6. The van der Waals surface area contributed by atoms with Gasteiger partial charge in [0, 0.05) is 25.5 Å². The fourth-order valence-electron chi connectivity index (χ4n) is 1.30. The van der Waals surface area contributed by atoms with Gasteiger partial charge in [0.15, 0.2) is 0 Å². The number of rotatable bonds is 4. The van der Waals surface area contributed by atoms with Crippen LogP contribution in [-0.2, 0) is 16.1 Å². The third kappa shape index (κ3) is 2.44. The Balaban J connectivity index is 1.74. The highest BCUT2D eigenvalue weighted by Crippen LogP contribution is 1.91. The van der Waals surface area contributed by atoms with Gasteiger partial charge >= 0.3 is 11.8 Å². The van der Waals surface area contributed by atoms with Crippen LogP contribution in [0.1, 0.15) is 6.42 Å². The fourth-order valence-corrected chi connectivity index (χ4v) is 1.30. The van der Waals surface area contributed by atoms with Crippen molar-refractivity contribution in [1.82, 2.24) is 20.4 Å². The molecule has 1 aromatic rings. The summed E-state index contributed by atoms with van der Waals surface area (Å²) in [5.74, 6) is -1.09. The molecule has 0 radical (unpaired) electrons. The number of nitrogens with zero attached hydrogens (tertiary/aromatic N) is 3. The molecule has 1 saturated heterocycles.